The van der Waals surface area contributed by atoms with Gasteiger partial charge in [0.05, 0.1) is 13.2 Å². The molecule has 0 unspecified atom stereocenters. The van der Waals surface area contributed by atoms with Gasteiger partial charge < -0.3 is 14.6 Å². The average molecular weight is 206 g/mol. The highest BCUT2D eigenvalue weighted by Gasteiger charge is 2.37. The fourth-order valence-electron chi connectivity index (χ4n) is 1.58. The van der Waals surface area contributed by atoms with Crippen LogP contribution in [-0.2, 0) is 9.47 Å². The zero-order chi connectivity index (χ0) is 10.4. The van der Waals surface area contributed by atoms with Crippen molar-refractivity contribution in [1.29, 1.82) is 0 Å². The molecule has 1 N–H and O–H groups in total. The quantitative estimate of drug-likeness (QED) is 0.665. The zero-order valence-corrected chi connectivity index (χ0v) is 8.62. The van der Waals surface area contributed by atoms with Crippen molar-refractivity contribution in [2.75, 3.05) is 19.8 Å². The number of rotatable bonds is 6. The second-order valence-electron chi connectivity index (χ2n) is 3.61. The second kappa shape index (κ2) is 6.32. The van der Waals surface area contributed by atoms with Crippen molar-refractivity contribution in [3.05, 3.63) is 0 Å². The van der Waals surface area contributed by atoms with Gasteiger partial charge in [-0.3, -0.25) is 0 Å². The fraction of sp³-hybridized carbons (Fsp3) is 1.00. The Labute approximate surface area is 84.2 Å². The van der Waals surface area contributed by atoms with Gasteiger partial charge >= 0.3 is 0 Å². The van der Waals surface area contributed by atoms with Gasteiger partial charge in [-0.25, -0.2) is 4.39 Å². The molecule has 3 atom stereocenters. The molecule has 4 heteroatoms. The number of hydrogen-bond donors (Lipinski definition) is 1. The Morgan fingerprint density at radius 2 is 2.29 bits per heavy atom. The molecule has 0 saturated carbocycles. The zero-order valence-electron chi connectivity index (χ0n) is 8.62. The summed E-state index contributed by atoms with van der Waals surface area (Å²) in [5.74, 6) is 0. The van der Waals surface area contributed by atoms with Crippen LogP contribution in [0.5, 0.6) is 0 Å². The smallest absolute Gasteiger partial charge is 0.152 e. The molecule has 14 heavy (non-hydrogen) atoms. The maximum atomic E-state index is 13.2. The molecule has 0 spiro atoms. The number of aliphatic hydroxyl groups excluding tert-OH is 1. The summed E-state index contributed by atoms with van der Waals surface area (Å²) in [4.78, 5) is 0. The Morgan fingerprint density at radius 3 is 2.93 bits per heavy atom. The third-order valence-electron chi connectivity index (χ3n) is 2.43. The summed E-state index contributed by atoms with van der Waals surface area (Å²) in [7, 11) is 0. The summed E-state index contributed by atoms with van der Waals surface area (Å²) in [5.41, 5.74) is 0. The summed E-state index contributed by atoms with van der Waals surface area (Å²) < 4.78 is 23.6. The first-order valence-corrected chi connectivity index (χ1v) is 5.27. The van der Waals surface area contributed by atoms with Crippen LogP contribution in [0.4, 0.5) is 4.39 Å². The molecule has 0 aromatic heterocycles. The molecular weight excluding hydrogens is 187 g/mol. The van der Waals surface area contributed by atoms with Crippen LogP contribution in [0.1, 0.15) is 26.2 Å². The predicted molar refractivity (Wildman–Crippen MR) is 51.0 cm³/mol. The molecule has 0 aromatic carbocycles. The van der Waals surface area contributed by atoms with E-state index in [-0.39, 0.29) is 13.2 Å². The lowest BCUT2D eigenvalue weighted by Crippen LogP contribution is -2.33. The SMILES string of the molecule is CCCCCO[C@H]1[C@@H](F)CO[C@@H]1CO. The van der Waals surface area contributed by atoms with Crippen molar-refractivity contribution >= 4 is 0 Å². The summed E-state index contributed by atoms with van der Waals surface area (Å²) in [6, 6.07) is 0. The maximum Gasteiger partial charge on any atom is 0.152 e. The van der Waals surface area contributed by atoms with Crippen LogP contribution in [0.3, 0.4) is 0 Å². The summed E-state index contributed by atoms with van der Waals surface area (Å²) in [6.45, 7) is 2.54. The minimum absolute atomic E-state index is 0.0453. The molecule has 1 rings (SSSR count). The molecule has 3 nitrogen and oxygen atoms in total. The third-order valence-corrected chi connectivity index (χ3v) is 2.43. The third kappa shape index (κ3) is 3.19. The van der Waals surface area contributed by atoms with Crippen LogP contribution in [0, 0.1) is 0 Å². The first-order valence-electron chi connectivity index (χ1n) is 5.27. The molecule has 1 fully saturated rings. The van der Waals surface area contributed by atoms with E-state index in [1.54, 1.807) is 0 Å². The van der Waals surface area contributed by atoms with Gasteiger partial charge in [0.15, 0.2) is 6.17 Å². The van der Waals surface area contributed by atoms with E-state index in [0.717, 1.165) is 19.3 Å². The topological polar surface area (TPSA) is 38.7 Å². The summed E-state index contributed by atoms with van der Waals surface area (Å²) in [6.07, 6.45) is 1.01. The molecule has 1 aliphatic rings. The van der Waals surface area contributed by atoms with E-state index in [2.05, 4.69) is 6.92 Å². The lowest BCUT2D eigenvalue weighted by molar-refractivity contribution is -0.0433. The van der Waals surface area contributed by atoms with Gasteiger partial charge in [0, 0.05) is 6.61 Å². The minimum Gasteiger partial charge on any atom is -0.394 e. The highest BCUT2D eigenvalue weighted by molar-refractivity contribution is 4.84. The highest BCUT2D eigenvalue weighted by atomic mass is 19.1. The Balaban J connectivity index is 2.19. The van der Waals surface area contributed by atoms with Crippen molar-refractivity contribution in [2.45, 2.75) is 44.6 Å². The number of alkyl halides is 1. The van der Waals surface area contributed by atoms with E-state index in [1.165, 1.54) is 0 Å². The van der Waals surface area contributed by atoms with E-state index in [0.29, 0.717) is 6.61 Å². The number of aliphatic hydroxyl groups is 1. The molecule has 0 bridgehead atoms. The molecule has 0 aliphatic carbocycles. The van der Waals surface area contributed by atoms with E-state index < -0.39 is 18.4 Å². The predicted octanol–water partition coefficient (Wildman–Crippen LogP) is 1.29. The molecule has 0 radical (unpaired) electrons. The van der Waals surface area contributed by atoms with Crippen LogP contribution in [0.2, 0.25) is 0 Å². The van der Waals surface area contributed by atoms with E-state index in [4.69, 9.17) is 14.6 Å². The van der Waals surface area contributed by atoms with E-state index in [1.807, 2.05) is 0 Å². The number of unbranched alkanes of at least 4 members (excludes halogenated alkanes) is 2. The molecule has 1 saturated heterocycles. The van der Waals surface area contributed by atoms with Crippen LogP contribution in [0.15, 0.2) is 0 Å². The lowest BCUT2D eigenvalue weighted by Gasteiger charge is -2.18. The number of ether oxygens (including phenoxy) is 2. The van der Waals surface area contributed by atoms with Gasteiger partial charge in [0.1, 0.15) is 12.2 Å². The molecular formula is C10H19FO3. The number of hydrogen-bond acceptors (Lipinski definition) is 3. The molecule has 1 aliphatic heterocycles. The summed E-state index contributed by atoms with van der Waals surface area (Å²) >= 11 is 0. The largest absolute Gasteiger partial charge is 0.394 e. The monoisotopic (exact) mass is 206 g/mol. The first kappa shape index (κ1) is 11.9. The van der Waals surface area contributed by atoms with Crippen molar-refractivity contribution in [3.8, 4) is 0 Å². The van der Waals surface area contributed by atoms with Gasteiger partial charge in [-0.1, -0.05) is 19.8 Å². The van der Waals surface area contributed by atoms with E-state index in [9.17, 15) is 4.39 Å². The van der Waals surface area contributed by atoms with Gasteiger partial charge in [-0.05, 0) is 6.42 Å². The molecule has 0 amide bonds. The van der Waals surface area contributed by atoms with Crippen molar-refractivity contribution in [1.82, 2.24) is 0 Å². The molecule has 1 heterocycles. The Bertz CT molecular complexity index is 154. The standard InChI is InChI=1S/C10H19FO3/c1-2-3-4-5-13-10-8(11)7-14-9(10)6-12/h8-10,12H,2-7H2,1H3/t8-,9+,10-/m0/s1. The second-order valence-corrected chi connectivity index (χ2v) is 3.61. The fourth-order valence-corrected chi connectivity index (χ4v) is 1.58. The Hall–Kier alpha value is -0.190. The molecule has 0 aromatic rings. The van der Waals surface area contributed by atoms with E-state index >= 15 is 0 Å². The van der Waals surface area contributed by atoms with Gasteiger partial charge in [-0.15, -0.1) is 0 Å². The van der Waals surface area contributed by atoms with Crippen LogP contribution in [0.25, 0.3) is 0 Å². The van der Waals surface area contributed by atoms with Gasteiger partial charge in [0.2, 0.25) is 0 Å². The Kier molecular flexibility index (Phi) is 5.37. The molecule has 84 valence electrons. The maximum absolute atomic E-state index is 13.2. The van der Waals surface area contributed by atoms with Crippen LogP contribution >= 0.6 is 0 Å². The van der Waals surface area contributed by atoms with Crippen molar-refractivity contribution < 1.29 is 19.0 Å². The van der Waals surface area contributed by atoms with Gasteiger partial charge in [-0.2, -0.15) is 0 Å². The lowest BCUT2D eigenvalue weighted by atomic mass is 10.2. The van der Waals surface area contributed by atoms with Crippen LogP contribution < -0.4 is 0 Å². The average Bonchev–Trinajstić information content (AvgIpc) is 2.55. The minimum atomic E-state index is -1.09. The highest BCUT2D eigenvalue weighted by Crippen LogP contribution is 2.20. The van der Waals surface area contributed by atoms with Gasteiger partial charge in [0.25, 0.3) is 0 Å². The van der Waals surface area contributed by atoms with Crippen LogP contribution in [-0.4, -0.2) is 43.3 Å². The normalized spacial score (nSPS) is 32.4. The van der Waals surface area contributed by atoms with Crippen molar-refractivity contribution in [3.63, 3.8) is 0 Å². The van der Waals surface area contributed by atoms with Crippen molar-refractivity contribution in [2.24, 2.45) is 0 Å². The first-order chi connectivity index (χ1) is 6.79. The number of halogens is 1. The Morgan fingerprint density at radius 1 is 1.50 bits per heavy atom. The summed E-state index contributed by atoms with van der Waals surface area (Å²) in [5, 5.41) is 8.89.